The number of urea groups is 1. The van der Waals surface area contributed by atoms with Crippen molar-refractivity contribution in [1.29, 1.82) is 0 Å². The van der Waals surface area contributed by atoms with Crippen LogP contribution in [0.1, 0.15) is 25.7 Å². The van der Waals surface area contributed by atoms with Crippen LogP contribution < -0.4 is 15.4 Å². The maximum Gasteiger partial charge on any atom is 0.319 e. The topological polar surface area (TPSA) is 70.6 Å². The number of hydrogen-bond acceptors (Lipinski definition) is 3. The van der Waals surface area contributed by atoms with Crippen molar-refractivity contribution in [3.63, 3.8) is 0 Å². The monoisotopic (exact) mass is 296 g/mol. The summed E-state index contributed by atoms with van der Waals surface area (Å²) in [5.41, 5.74) is 0.0934. The first-order valence-electron chi connectivity index (χ1n) is 7.14. The van der Waals surface area contributed by atoms with E-state index in [0.29, 0.717) is 11.7 Å². The molecule has 116 valence electrons. The number of hydrogen-bond donors (Lipinski definition) is 3. The van der Waals surface area contributed by atoms with Crippen LogP contribution in [0.3, 0.4) is 0 Å². The number of rotatable bonds is 4. The third-order valence-electron chi connectivity index (χ3n) is 3.86. The molecule has 0 radical (unpaired) electrons. The Morgan fingerprint density at radius 3 is 2.71 bits per heavy atom. The van der Waals surface area contributed by atoms with Gasteiger partial charge in [-0.2, -0.15) is 0 Å². The third-order valence-corrected chi connectivity index (χ3v) is 3.86. The van der Waals surface area contributed by atoms with Crippen molar-refractivity contribution in [3.05, 3.63) is 24.0 Å². The zero-order valence-corrected chi connectivity index (χ0v) is 12.1. The van der Waals surface area contributed by atoms with E-state index < -0.39 is 11.8 Å². The van der Waals surface area contributed by atoms with E-state index >= 15 is 0 Å². The maximum absolute atomic E-state index is 13.6. The second-order valence-electron chi connectivity index (χ2n) is 5.34. The van der Waals surface area contributed by atoms with Gasteiger partial charge in [0, 0.05) is 18.7 Å². The van der Waals surface area contributed by atoms with Gasteiger partial charge in [0.05, 0.1) is 12.8 Å². The average Bonchev–Trinajstić information content (AvgIpc) is 2.50. The van der Waals surface area contributed by atoms with Crippen molar-refractivity contribution < 1.29 is 19.0 Å². The minimum absolute atomic E-state index is 0.0708. The lowest BCUT2D eigenvalue weighted by atomic mass is 9.87. The van der Waals surface area contributed by atoms with Crippen LogP contribution in [0.5, 0.6) is 5.75 Å². The smallest absolute Gasteiger partial charge is 0.319 e. The molecule has 1 aromatic rings. The molecule has 0 heterocycles. The Morgan fingerprint density at radius 1 is 1.38 bits per heavy atom. The molecule has 1 aliphatic carbocycles. The summed E-state index contributed by atoms with van der Waals surface area (Å²) in [5.74, 6) is 0.312. The summed E-state index contributed by atoms with van der Waals surface area (Å²) < 4.78 is 18.6. The summed E-state index contributed by atoms with van der Waals surface area (Å²) in [6.45, 7) is 0.202. The molecular weight excluding hydrogens is 275 g/mol. The van der Waals surface area contributed by atoms with Gasteiger partial charge in [-0.05, 0) is 43.7 Å². The summed E-state index contributed by atoms with van der Waals surface area (Å²) in [4.78, 5) is 11.9. The van der Waals surface area contributed by atoms with Crippen molar-refractivity contribution in [2.24, 2.45) is 5.92 Å². The lowest BCUT2D eigenvalue weighted by molar-refractivity contribution is 0.176. The predicted octanol–water partition coefficient (Wildman–Crippen LogP) is 2.51. The minimum Gasteiger partial charge on any atom is -0.497 e. The number of halogens is 1. The van der Waals surface area contributed by atoms with E-state index in [4.69, 9.17) is 9.84 Å². The first kappa shape index (κ1) is 15.6. The summed E-state index contributed by atoms with van der Waals surface area (Å²) in [5, 5.41) is 14.4. The van der Waals surface area contributed by atoms with Crippen LogP contribution >= 0.6 is 0 Å². The van der Waals surface area contributed by atoms with Crippen LogP contribution in [0.15, 0.2) is 18.2 Å². The normalized spacial score (nSPS) is 21.7. The van der Waals surface area contributed by atoms with Crippen molar-refractivity contribution in [3.8, 4) is 5.75 Å². The molecule has 0 unspecified atom stereocenters. The molecule has 5 nitrogen and oxygen atoms in total. The predicted molar refractivity (Wildman–Crippen MR) is 77.9 cm³/mol. The van der Waals surface area contributed by atoms with Crippen LogP contribution in [0.25, 0.3) is 0 Å². The Balaban J connectivity index is 1.87. The molecule has 2 rings (SSSR count). The van der Waals surface area contributed by atoms with Crippen molar-refractivity contribution in [1.82, 2.24) is 5.32 Å². The van der Waals surface area contributed by atoms with Gasteiger partial charge < -0.3 is 20.5 Å². The number of ether oxygens (including phenoxy) is 1. The van der Waals surface area contributed by atoms with Crippen LogP contribution in [0.4, 0.5) is 14.9 Å². The highest BCUT2D eigenvalue weighted by atomic mass is 19.1. The van der Waals surface area contributed by atoms with E-state index in [-0.39, 0.29) is 18.3 Å². The van der Waals surface area contributed by atoms with Crippen molar-refractivity contribution in [2.75, 3.05) is 19.0 Å². The fourth-order valence-corrected chi connectivity index (χ4v) is 2.56. The lowest BCUT2D eigenvalue weighted by Gasteiger charge is -2.28. The Kier molecular flexibility index (Phi) is 5.38. The SMILES string of the molecule is COc1ccc(F)c(NC(=O)NC2CCC(CO)CC2)c1. The molecule has 2 amide bonds. The highest BCUT2D eigenvalue weighted by Crippen LogP contribution is 2.24. The van der Waals surface area contributed by atoms with Gasteiger partial charge in [-0.25, -0.2) is 9.18 Å². The van der Waals surface area contributed by atoms with Gasteiger partial charge in [0.1, 0.15) is 11.6 Å². The number of benzene rings is 1. The molecule has 0 aliphatic heterocycles. The number of nitrogens with one attached hydrogen (secondary N) is 2. The summed E-state index contributed by atoms with van der Waals surface area (Å²) in [7, 11) is 1.48. The molecule has 1 saturated carbocycles. The van der Waals surface area contributed by atoms with E-state index in [1.54, 1.807) is 0 Å². The van der Waals surface area contributed by atoms with E-state index in [1.807, 2.05) is 0 Å². The highest BCUT2D eigenvalue weighted by molar-refractivity contribution is 5.89. The van der Waals surface area contributed by atoms with Gasteiger partial charge in [-0.15, -0.1) is 0 Å². The number of amides is 2. The second kappa shape index (κ2) is 7.26. The van der Waals surface area contributed by atoms with E-state index in [1.165, 1.54) is 25.3 Å². The number of methoxy groups -OCH3 is 1. The van der Waals surface area contributed by atoms with Gasteiger partial charge in [0.2, 0.25) is 0 Å². The molecule has 3 N–H and O–H groups in total. The summed E-state index contributed by atoms with van der Waals surface area (Å²) in [6.07, 6.45) is 3.46. The number of carbonyl (C=O) groups is 1. The third kappa shape index (κ3) is 4.32. The van der Waals surface area contributed by atoms with Crippen LogP contribution in [-0.2, 0) is 0 Å². The van der Waals surface area contributed by atoms with Gasteiger partial charge in [-0.3, -0.25) is 0 Å². The second-order valence-corrected chi connectivity index (χ2v) is 5.34. The number of carbonyl (C=O) groups excluding carboxylic acids is 1. The molecule has 0 atom stereocenters. The average molecular weight is 296 g/mol. The first-order chi connectivity index (χ1) is 10.1. The summed E-state index contributed by atoms with van der Waals surface area (Å²) in [6, 6.07) is 3.84. The van der Waals surface area contributed by atoms with Crippen LogP contribution in [-0.4, -0.2) is 30.9 Å². The van der Waals surface area contributed by atoms with Crippen molar-refractivity contribution in [2.45, 2.75) is 31.7 Å². The first-order valence-corrected chi connectivity index (χ1v) is 7.14. The molecule has 1 fully saturated rings. The number of anilines is 1. The van der Waals surface area contributed by atoms with Gasteiger partial charge in [-0.1, -0.05) is 0 Å². The Morgan fingerprint density at radius 2 is 2.10 bits per heavy atom. The summed E-state index contributed by atoms with van der Waals surface area (Å²) >= 11 is 0. The molecule has 0 saturated heterocycles. The molecular formula is C15H21FN2O3. The number of aliphatic hydroxyl groups excluding tert-OH is 1. The standard InChI is InChI=1S/C15H21FN2O3/c1-21-12-6-7-13(16)14(8-12)18-15(20)17-11-4-2-10(9-19)3-5-11/h6-8,10-11,19H,2-5,9H2,1H3,(H2,17,18,20). The van der Waals surface area contributed by atoms with Crippen LogP contribution in [0.2, 0.25) is 0 Å². The van der Waals surface area contributed by atoms with Gasteiger partial charge in [0.15, 0.2) is 0 Å². The molecule has 6 heteroatoms. The van der Waals surface area contributed by atoms with Crippen molar-refractivity contribution >= 4 is 11.7 Å². The largest absolute Gasteiger partial charge is 0.497 e. The zero-order valence-electron chi connectivity index (χ0n) is 12.1. The van der Waals surface area contributed by atoms with Gasteiger partial charge in [0.25, 0.3) is 0 Å². The Hall–Kier alpha value is -1.82. The zero-order chi connectivity index (χ0) is 15.2. The Labute approximate surface area is 123 Å². The fraction of sp³-hybridized carbons (Fsp3) is 0.533. The fourth-order valence-electron chi connectivity index (χ4n) is 2.56. The molecule has 0 aromatic heterocycles. The number of aliphatic hydroxyl groups is 1. The molecule has 1 aliphatic rings. The maximum atomic E-state index is 13.6. The highest BCUT2D eigenvalue weighted by Gasteiger charge is 2.22. The quantitative estimate of drug-likeness (QED) is 0.799. The lowest BCUT2D eigenvalue weighted by Crippen LogP contribution is -2.40. The molecule has 0 spiro atoms. The van der Waals surface area contributed by atoms with E-state index in [2.05, 4.69) is 10.6 Å². The van der Waals surface area contributed by atoms with Gasteiger partial charge >= 0.3 is 6.03 Å². The Bertz CT molecular complexity index is 488. The minimum atomic E-state index is -0.505. The van der Waals surface area contributed by atoms with E-state index in [9.17, 15) is 9.18 Å². The molecule has 21 heavy (non-hydrogen) atoms. The molecule has 0 bridgehead atoms. The van der Waals surface area contributed by atoms with Crippen LogP contribution in [0, 0.1) is 11.7 Å². The molecule has 1 aromatic carbocycles. The van der Waals surface area contributed by atoms with E-state index in [0.717, 1.165) is 25.7 Å².